The number of hydrogen-bond acceptors (Lipinski definition) is 4. The number of ether oxygens (including phenoxy) is 1. The van der Waals surface area contributed by atoms with Gasteiger partial charge in [0, 0.05) is 64.1 Å². The lowest BCUT2D eigenvalue weighted by Crippen LogP contribution is -2.37. The molecule has 1 heterocycles. The van der Waals surface area contributed by atoms with E-state index < -0.39 is 0 Å². The van der Waals surface area contributed by atoms with Crippen molar-refractivity contribution in [2.75, 3.05) is 56.8 Å². The van der Waals surface area contributed by atoms with Crippen LogP contribution in [0.1, 0.15) is 12.0 Å². The molecule has 0 aromatic heterocycles. The number of methoxy groups -OCH3 is 1. The van der Waals surface area contributed by atoms with E-state index in [2.05, 4.69) is 44.8 Å². The molecule has 0 bridgehead atoms. The zero-order chi connectivity index (χ0) is 16.3. The maximum atomic E-state index is 5.04. The van der Waals surface area contributed by atoms with E-state index in [1.54, 1.807) is 14.2 Å². The molecule has 0 spiro atoms. The molecule has 7 heteroatoms. The summed E-state index contributed by atoms with van der Waals surface area (Å²) in [5.41, 5.74) is 2.59. The lowest BCUT2D eigenvalue weighted by atomic mass is 10.2. The number of thioether (sulfide) groups is 1. The summed E-state index contributed by atoms with van der Waals surface area (Å²) in [7, 11) is 3.52. The van der Waals surface area contributed by atoms with E-state index in [0.717, 1.165) is 45.2 Å². The Morgan fingerprint density at radius 1 is 1.21 bits per heavy atom. The molecule has 1 aromatic carbocycles. The fraction of sp³-hybridized carbons (Fsp3) is 0.588. The number of halogens is 1. The quantitative estimate of drug-likeness (QED) is 0.281. The number of nitrogens with zero attached hydrogens (tertiary/aromatic N) is 2. The number of aliphatic imine (C=N–C) groups is 1. The maximum Gasteiger partial charge on any atom is 0.191 e. The molecule has 0 saturated carbocycles. The first-order valence-corrected chi connectivity index (χ1v) is 9.34. The molecule has 136 valence electrons. The molecule has 1 fully saturated rings. The summed E-state index contributed by atoms with van der Waals surface area (Å²) < 4.78 is 5.04. The number of hydrogen-bond donors (Lipinski definition) is 2. The van der Waals surface area contributed by atoms with Crippen LogP contribution in [-0.2, 0) is 11.3 Å². The smallest absolute Gasteiger partial charge is 0.191 e. The minimum Gasteiger partial charge on any atom is -0.385 e. The van der Waals surface area contributed by atoms with Gasteiger partial charge in [-0.15, -0.1) is 24.0 Å². The van der Waals surface area contributed by atoms with Crippen molar-refractivity contribution in [3.05, 3.63) is 29.8 Å². The highest BCUT2D eigenvalue weighted by Crippen LogP contribution is 2.19. The van der Waals surface area contributed by atoms with Crippen LogP contribution < -0.4 is 15.5 Å². The molecule has 5 nitrogen and oxygen atoms in total. The summed E-state index contributed by atoms with van der Waals surface area (Å²) >= 11 is 2.04. The zero-order valence-corrected chi connectivity index (χ0v) is 17.7. The molecular weight excluding hydrogens is 435 g/mol. The standard InChI is InChI=1S/C17H28N4OS.HI/c1-18-17(19-8-3-11-22-2)20-14-15-4-6-16(7-5-15)21-9-12-23-13-10-21;/h4-7H,3,8-14H2,1-2H3,(H2,18,19,20);1H. The molecule has 0 radical (unpaired) electrons. The molecule has 0 atom stereocenters. The van der Waals surface area contributed by atoms with Gasteiger partial charge in [0.25, 0.3) is 0 Å². The molecule has 1 aliphatic rings. The Morgan fingerprint density at radius 3 is 2.54 bits per heavy atom. The van der Waals surface area contributed by atoms with E-state index in [1.807, 2.05) is 11.8 Å². The van der Waals surface area contributed by atoms with Gasteiger partial charge in [0.2, 0.25) is 0 Å². The van der Waals surface area contributed by atoms with Crippen molar-refractivity contribution in [3.8, 4) is 0 Å². The van der Waals surface area contributed by atoms with Crippen molar-refractivity contribution in [2.45, 2.75) is 13.0 Å². The van der Waals surface area contributed by atoms with Crippen LogP contribution in [0, 0.1) is 0 Å². The molecule has 1 aliphatic heterocycles. The molecule has 1 saturated heterocycles. The first kappa shape index (κ1) is 21.4. The van der Waals surface area contributed by atoms with E-state index >= 15 is 0 Å². The summed E-state index contributed by atoms with van der Waals surface area (Å²) in [6, 6.07) is 8.84. The first-order chi connectivity index (χ1) is 11.3. The van der Waals surface area contributed by atoms with Crippen LogP contribution in [0.5, 0.6) is 0 Å². The molecular formula is C17H29IN4OS. The van der Waals surface area contributed by atoms with Crippen LogP contribution in [0.25, 0.3) is 0 Å². The van der Waals surface area contributed by atoms with Crippen LogP contribution in [0.3, 0.4) is 0 Å². The highest BCUT2D eigenvalue weighted by Gasteiger charge is 2.10. The average Bonchev–Trinajstić information content (AvgIpc) is 2.62. The van der Waals surface area contributed by atoms with Crippen molar-refractivity contribution in [1.82, 2.24) is 10.6 Å². The predicted molar refractivity (Wildman–Crippen MR) is 116 cm³/mol. The Hall–Kier alpha value is -0.670. The zero-order valence-electron chi connectivity index (χ0n) is 14.6. The fourth-order valence-electron chi connectivity index (χ4n) is 2.48. The van der Waals surface area contributed by atoms with Gasteiger partial charge in [-0.05, 0) is 24.1 Å². The largest absolute Gasteiger partial charge is 0.385 e. The van der Waals surface area contributed by atoms with Gasteiger partial charge in [0.05, 0.1) is 0 Å². The maximum absolute atomic E-state index is 5.04. The van der Waals surface area contributed by atoms with E-state index in [4.69, 9.17) is 4.74 Å². The predicted octanol–water partition coefficient (Wildman–Crippen LogP) is 2.56. The van der Waals surface area contributed by atoms with Gasteiger partial charge in [-0.25, -0.2) is 0 Å². The fourth-order valence-corrected chi connectivity index (χ4v) is 3.38. The van der Waals surface area contributed by atoms with Crippen molar-refractivity contribution in [3.63, 3.8) is 0 Å². The summed E-state index contributed by atoms with van der Waals surface area (Å²) in [6.45, 7) is 4.71. The Morgan fingerprint density at radius 2 is 1.92 bits per heavy atom. The molecule has 2 N–H and O–H groups in total. The van der Waals surface area contributed by atoms with Crippen LogP contribution in [0.2, 0.25) is 0 Å². The van der Waals surface area contributed by atoms with Gasteiger partial charge in [0.1, 0.15) is 0 Å². The van der Waals surface area contributed by atoms with Gasteiger partial charge < -0.3 is 20.3 Å². The Kier molecular flexibility index (Phi) is 11.3. The minimum absolute atomic E-state index is 0. The number of anilines is 1. The molecule has 24 heavy (non-hydrogen) atoms. The Labute approximate surface area is 167 Å². The highest BCUT2D eigenvalue weighted by molar-refractivity contribution is 14.0. The molecule has 0 unspecified atom stereocenters. The molecule has 0 amide bonds. The van der Waals surface area contributed by atoms with Gasteiger partial charge in [0.15, 0.2) is 5.96 Å². The van der Waals surface area contributed by atoms with Crippen molar-refractivity contribution in [1.29, 1.82) is 0 Å². The van der Waals surface area contributed by atoms with Gasteiger partial charge >= 0.3 is 0 Å². The van der Waals surface area contributed by atoms with Gasteiger partial charge in [-0.3, -0.25) is 4.99 Å². The first-order valence-electron chi connectivity index (χ1n) is 8.18. The third-order valence-corrected chi connectivity index (χ3v) is 4.76. The second kappa shape index (κ2) is 12.7. The number of rotatable bonds is 7. The van der Waals surface area contributed by atoms with E-state index in [-0.39, 0.29) is 24.0 Å². The number of benzene rings is 1. The minimum atomic E-state index is 0. The number of guanidine groups is 1. The molecule has 2 rings (SSSR count). The topological polar surface area (TPSA) is 48.9 Å². The summed E-state index contributed by atoms with van der Waals surface area (Å²) in [5.74, 6) is 3.29. The lowest BCUT2D eigenvalue weighted by molar-refractivity contribution is 0.195. The monoisotopic (exact) mass is 464 g/mol. The van der Waals surface area contributed by atoms with Crippen LogP contribution in [0.4, 0.5) is 5.69 Å². The number of nitrogens with one attached hydrogen (secondary N) is 2. The Bertz CT molecular complexity index is 478. The SMILES string of the molecule is CN=C(NCCCOC)NCc1ccc(N2CCSCC2)cc1.I. The van der Waals surface area contributed by atoms with E-state index in [9.17, 15) is 0 Å². The second-order valence-electron chi connectivity index (χ2n) is 5.46. The average molecular weight is 464 g/mol. The summed E-state index contributed by atoms with van der Waals surface area (Å²) in [4.78, 5) is 6.70. The van der Waals surface area contributed by atoms with Crippen LogP contribution in [0.15, 0.2) is 29.3 Å². The van der Waals surface area contributed by atoms with Crippen molar-refractivity contribution >= 4 is 47.4 Å². The van der Waals surface area contributed by atoms with Crippen LogP contribution in [-0.4, -0.2) is 57.9 Å². The Balaban J connectivity index is 0.00000288. The normalized spacial score (nSPS) is 14.9. The third-order valence-electron chi connectivity index (χ3n) is 3.81. The molecule has 1 aromatic rings. The van der Waals surface area contributed by atoms with Gasteiger partial charge in [-0.1, -0.05) is 12.1 Å². The van der Waals surface area contributed by atoms with E-state index in [0.29, 0.717) is 0 Å². The summed E-state index contributed by atoms with van der Waals surface area (Å²) in [6.07, 6.45) is 0.972. The third kappa shape index (κ3) is 7.48. The van der Waals surface area contributed by atoms with Crippen molar-refractivity contribution < 1.29 is 4.74 Å². The highest BCUT2D eigenvalue weighted by atomic mass is 127. The van der Waals surface area contributed by atoms with Crippen molar-refractivity contribution in [2.24, 2.45) is 4.99 Å². The second-order valence-corrected chi connectivity index (χ2v) is 6.69. The summed E-state index contributed by atoms with van der Waals surface area (Å²) in [5, 5.41) is 6.63. The van der Waals surface area contributed by atoms with E-state index in [1.165, 1.54) is 22.8 Å². The lowest BCUT2D eigenvalue weighted by Gasteiger charge is -2.28. The van der Waals surface area contributed by atoms with Gasteiger partial charge in [-0.2, -0.15) is 11.8 Å². The molecule has 0 aliphatic carbocycles. The van der Waals surface area contributed by atoms with Crippen LogP contribution >= 0.6 is 35.7 Å².